The van der Waals surface area contributed by atoms with Crippen LogP contribution in [-0.2, 0) is 9.47 Å². The highest BCUT2D eigenvalue weighted by atomic mass is 19.4. The van der Waals surface area contributed by atoms with Gasteiger partial charge in [-0.1, -0.05) is 34.9 Å². The summed E-state index contributed by atoms with van der Waals surface area (Å²) in [6.45, 7) is 10.8. The third-order valence-electron chi connectivity index (χ3n) is 4.20. The zero-order chi connectivity index (χ0) is 20.9. The number of alkyl halides is 3. The van der Waals surface area contributed by atoms with E-state index in [9.17, 15) is 13.2 Å². The van der Waals surface area contributed by atoms with Gasteiger partial charge in [0.15, 0.2) is 5.79 Å². The van der Waals surface area contributed by atoms with E-state index in [2.05, 4.69) is 45.9 Å². The topological polar surface area (TPSA) is 18.5 Å². The fourth-order valence-corrected chi connectivity index (χ4v) is 2.65. The van der Waals surface area contributed by atoms with Crippen LogP contribution in [0.25, 0.3) is 0 Å². The highest BCUT2D eigenvalue weighted by Crippen LogP contribution is 2.25. The fraction of sp³-hybridized carbons (Fsp3) is 0.727. The minimum Gasteiger partial charge on any atom is -0.351 e. The lowest BCUT2D eigenvalue weighted by molar-refractivity contribution is -0.277. The van der Waals surface area contributed by atoms with Gasteiger partial charge in [-0.25, -0.2) is 0 Å². The number of hydrogen-bond donors (Lipinski definition) is 0. The van der Waals surface area contributed by atoms with Gasteiger partial charge in [-0.15, -0.1) is 0 Å². The van der Waals surface area contributed by atoms with Crippen LogP contribution in [0.2, 0.25) is 0 Å². The summed E-state index contributed by atoms with van der Waals surface area (Å²) in [5, 5.41) is 0. The number of hydrogen-bond acceptors (Lipinski definition) is 2. The molecule has 0 fully saturated rings. The normalized spacial score (nSPS) is 15.6. The predicted octanol–water partition coefficient (Wildman–Crippen LogP) is 7.52. The average molecular weight is 391 g/mol. The lowest BCUT2D eigenvalue weighted by Crippen LogP contribution is -2.36. The van der Waals surface area contributed by atoms with Crippen molar-refractivity contribution in [3.63, 3.8) is 0 Å². The zero-order valence-electron chi connectivity index (χ0n) is 17.8. The summed E-state index contributed by atoms with van der Waals surface area (Å²) in [6, 6.07) is 0. The third kappa shape index (κ3) is 15.7. The van der Waals surface area contributed by atoms with Crippen LogP contribution in [0.3, 0.4) is 0 Å². The lowest BCUT2D eigenvalue weighted by Gasteiger charge is -2.29. The van der Waals surface area contributed by atoms with E-state index in [4.69, 9.17) is 9.47 Å². The molecule has 0 saturated heterocycles. The van der Waals surface area contributed by atoms with Crippen molar-refractivity contribution in [2.45, 2.75) is 92.0 Å². The standard InChI is InChI=1S/C22H37F3O2/c1-7-26-21(6,27-17-22(23,24)25)16-10-15-20(5)14-9-13-19(4)12-8-11-18(2)3/h11,13,15H,7-10,12,14,16-17H2,1-6H3. The summed E-state index contributed by atoms with van der Waals surface area (Å²) in [7, 11) is 0. The first-order chi connectivity index (χ1) is 12.5. The van der Waals surface area contributed by atoms with E-state index in [0.717, 1.165) is 25.7 Å². The molecule has 0 aliphatic carbocycles. The SMILES string of the molecule is CCOC(C)(CCC=C(C)CCC=C(C)CCC=C(C)C)OCC(F)(F)F. The number of ether oxygens (including phenoxy) is 2. The Bertz CT molecular complexity index is 500. The molecule has 0 aliphatic rings. The van der Waals surface area contributed by atoms with Crippen molar-refractivity contribution in [2.75, 3.05) is 13.2 Å². The maximum Gasteiger partial charge on any atom is 0.411 e. The maximum atomic E-state index is 12.4. The molecule has 1 unspecified atom stereocenters. The molecule has 0 aromatic heterocycles. The van der Waals surface area contributed by atoms with Crippen LogP contribution in [0.15, 0.2) is 34.9 Å². The van der Waals surface area contributed by atoms with Gasteiger partial charge < -0.3 is 9.47 Å². The smallest absolute Gasteiger partial charge is 0.351 e. The summed E-state index contributed by atoms with van der Waals surface area (Å²) in [6.07, 6.45) is 7.36. The molecule has 0 amide bonds. The quantitative estimate of drug-likeness (QED) is 0.239. The molecule has 0 heterocycles. The summed E-state index contributed by atoms with van der Waals surface area (Å²) < 4.78 is 47.6. The molecule has 0 aromatic rings. The van der Waals surface area contributed by atoms with Gasteiger partial charge in [0.2, 0.25) is 0 Å². The first-order valence-electron chi connectivity index (χ1n) is 9.76. The Morgan fingerprint density at radius 2 is 1.33 bits per heavy atom. The molecular formula is C22H37F3O2. The Labute approximate surface area is 163 Å². The largest absolute Gasteiger partial charge is 0.411 e. The van der Waals surface area contributed by atoms with Crippen molar-refractivity contribution in [3.05, 3.63) is 34.9 Å². The van der Waals surface area contributed by atoms with Crippen LogP contribution in [0.5, 0.6) is 0 Å². The molecule has 0 N–H and O–H groups in total. The first-order valence-corrected chi connectivity index (χ1v) is 9.76. The Morgan fingerprint density at radius 1 is 0.815 bits per heavy atom. The Kier molecular flexibility index (Phi) is 12.6. The van der Waals surface area contributed by atoms with Gasteiger partial charge in [0.1, 0.15) is 6.61 Å². The zero-order valence-corrected chi connectivity index (χ0v) is 17.8. The molecule has 0 rings (SSSR count). The average Bonchev–Trinajstić information content (AvgIpc) is 2.52. The summed E-state index contributed by atoms with van der Waals surface area (Å²) in [5.41, 5.74) is 3.97. The highest BCUT2D eigenvalue weighted by Gasteiger charge is 2.34. The van der Waals surface area contributed by atoms with Crippen LogP contribution in [0, 0.1) is 0 Å². The van der Waals surface area contributed by atoms with E-state index in [1.165, 1.54) is 16.7 Å². The van der Waals surface area contributed by atoms with Crippen molar-refractivity contribution in [2.24, 2.45) is 0 Å². The van der Waals surface area contributed by atoms with Crippen LogP contribution in [-0.4, -0.2) is 25.2 Å². The lowest BCUT2D eigenvalue weighted by atomic mass is 10.0. The van der Waals surface area contributed by atoms with Crippen molar-refractivity contribution in [1.82, 2.24) is 0 Å². The van der Waals surface area contributed by atoms with Gasteiger partial charge in [-0.2, -0.15) is 13.2 Å². The van der Waals surface area contributed by atoms with Gasteiger partial charge in [0.25, 0.3) is 0 Å². The Balaban J connectivity index is 4.35. The van der Waals surface area contributed by atoms with E-state index in [1.807, 2.05) is 0 Å². The minimum absolute atomic E-state index is 0.313. The second-order valence-electron chi connectivity index (χ2n) is 7.47. The van der Waals surface area contributed by atoms with Crippen LogP contribution in [0.4, 0.5) is 13.2 Å². The van der Waals surface area contributed by atoms with E-state index < -0.39 is 18.6 Å². The molecule has 0 saturated carbocycles. The summed E-state index contributed by atoms with van der Waals surface area (Å²) >= 11 is 0. The van der Waals surface area contributed by atoms with Gasteiger partial charge in [-0.05, 0) is 73.6 Å². The van der Waals surface area contributed by atoms with Gasteiger partial charge in [-0.3, -0.25) is 0 Å². The summed E-state index contributed by atoms with van der Waals surface area (Å²) in [4.78, 5) is 0. The number of allylic oxidation sites excluding steroid dienone is 6. The van der Waals surface area contributed by atoms with E-state index in [1.54, 1.807) is 13.8 Å². The van der Waals surface area contributed by atoms with E-state index in [0.29, 0.717) is 19.4 Å². The molecule has 5 heteroatoms. The van der Waals surface area contributed by atoms with Crippen LogP contribution >= 0.6 is 0 Å². The molecule has 0 bridgehead atoms. The molecule has 1 atom stereocenters. The molecule has 0 aromatic carbocycles. The molecular weight excluding hydrogens is 353 g/mol. The fourth-order valence-electron chi connectivity index (χ4n) is 2.65. The van der Waals surface area contributed by atoms with E-state index in [-0.39, 0.29) is 0 Å². The molecule has 0 aliphatic heterocycles. The van der Waals surface area contributed by atoms with Crippen molar-refractivity contribution in [3.8, 4) is 0 Å². The number of rotatable bonds is 13. The molecule has 0 radical (unpaired) electrons. The van der Waals surface area contributed by atoms with Crippen LogP contribution < -0.4 is 0 Å². The van der Waals surface area contributed by atoms with Gasteiger partial charge >= 0.3 is 6.18 Å². The minimum atomic E-state index is -4.35. The summed E-state index contributed by atoms with van der Waals surface area (Å²) in [5.74, 6) is -1.21. The Hall–Kier alpha value is -1.07. The second kappa shape index (κ2) is 13.2. The molecule has 27 heavy (non-hydrogen) atoms. The van der Waals surface area contributed by atoms with Gasteiger partial charge in [0, 0.05) is 13.0 Å². The van der Waals surface area contributed by atoms with Gasteiger partial charge in [0.05, 0.1) is 0 Å². The van der Waals surface area contributed by atoms with Crippen LogP contribution in [0.1, 0.15) is 80.1 Å². The van der Waals surface area contributed by atoms with Crippen molar-refractivity contribution in [1.29, 1.82) is 0 Å². The highest BCUT2D eigenvalue weighted by molar-refractivity contribution is 5.05. The Morgan fingerprint density at radius 3 is 1.81 bits per heavy atom. The first kappa shape index (κ1) is 25.9. The molecule has 2 nitrogen and oxygen atoms in total. The van der Waals surface area contributed by atoms with Crippen molar-refractivity contribution >= 4 is 0 Å². The number of halogens is 3. The third-order valence-corrected chi connectivity index (χ3v) is 4.20. The maximum absolute atomic E-state index is 12.4. The molecule has 158 valence electrons. The molecule has 0 spiro atoms. The predicted molar refractivity (Wildman–Crippen MR) is 107 cm³/mol. The van der Waals surface area contributed by atoms with E-state index >= 15 is 0 Å². The van der Waals surface area contributed by atoms with Crippen molar-refractivity contribution < 1.29 is 22.6 Å². The second-order valence-corrected chi connectivity index (χ2v) is 7.47. The monoisotopic (exact) mass is 390 g/mol.